The van der Waals surface area contributed by atoms with E-state index in [2.05, 4.69) is 13.8 Å². The van der Waals surface area contributed by atoms with Gasteiger partial charge in [0.15, 0.2) is 0 Å². The van der Waals surface area contributed by atoms with Crippen LogP contribution in [0.5, 0.6) is 0 Å². The van der Waals surface area contributed by atoms with Crippen molar-refractivity contribution in [2.24, 2.45) is 5.92 Å². The van der Waals surface area contributed by atoms with Gasteiger partial charge in [-0.1, -0.05) is 33.6 Å². The number of rotatable bonds is 4. The number of likely N-dealkylation sites (tertiary alicyclic amines) is 1. The van der Waals surface area contributed by atoms with Gasteiger partial charge in [0.25, 0.3) is 0 Å². The van der Waals surface area contributed by atoms with Crippen LogP contribution in [0.25, 0.3) is 0 Å². The zero-order chi connectivity index (χ0) is 13.3. The number of nitrogens with zero attached hydrogens (tertiary/aromatic N) is 1. The van der Waals surface area contributed by atoms with Gasteiger partial charge in [-0.3, -0.25) is 9.59 Å². The fraction of sp³-hybridized carbons (Fsp3) is 0.846. The first-order valence-electron chi connectivity index (χ1n) is 6.47. The van der Waals surface area contributed by atoms with E-state index in [1.54, 1.807) is 11.9 Å². The Labute approximate surface area is 104 Å². The molecule has 0 spiro atoms. The van der Waals surface area contributed by atoms with E-state index < -0.39 is 0 Å². The lowest BCUT2D eigenvalue weighted by molar-refractivity contribution is -0.148. The van der Waals surface area contributed by atoms with E-state index in [-0.39, 0.29) is 17.8 Å². The third kappa shape index (κ3) is 6.29. The first kappa shape index (κ1) is 15.9. The van der Waals surface area contributed by atoms with Gasteiger partial charge in [0.1, 0.15) is 0 Å². The van der Waals surface area contributed by atoms with Crippen LogP contribution >= 0.6 is 0 Å². The number of carbonyl (C=O) groups excluding carboxylic acids is 2. The van der Waals surface area contributed by atoms with Crippen LogP contribution < -0.4 is 0 Å². The van der Waals surface area contributed by atoms with Gasteiger partial charge < -0.3 is 9.64 Å². The quantitative estimate of drug-likeness (QED) is 0.711. The molecular formula is C13H25NO3. The summed E-state index contributed by atoms with van der Waals surface area (Å²) in [7, 11) is 1.70. The predicted molar refractivity (Wildman–Crippen MR) is 67.6 cm³/mol. The number of hydrogen-bond acceptors (Lipinski definition) is 3. The summed E-state index contributed by atoms with van der Waals surface area (Å²) in [5.41, 5.74) is 0. The largest absolute Gasteiger partial charge is 0.465 e. The molecule has 0 aliphatic carbocycles. The molecule has 17 heavy (non-hydrogen) atoms. The molecule has 1 aliphatic heterocycles. The molecule has 4 nitrogen and oxygen atoms in total. The molecule has 4 heteroatoms. The SMILES string of the molecule is CCCC.CCCOC(=O)C1CC(=O)N(C)C1. The van der Waals surface area contributed by atoms with Crippen molar-refractivity contribution in [2.75, 3.05) is 20.2 Å². The number of unbranched alkanes of at least 4 members (excludes halogenated alkanes) is 1. The minimum absolute atomic E-state index is 0.0263. The van der Waals surface area contributed by atoms with Gasteiger partial charge in [-0.25, -0.2) is 0 Å². The van der Waals surface area contributed by atoms with Crippen molar-refractivity contribution in [3.05, 3.63) is 0 Å². The van der Waals surface area contributed by atoms with E-state index >= 15 is 0 Å². The van der Waals surface area contributed by atoms with Crippen molar-refractivity contribution in [1.29, 1.82) is 0 Å². The second kappa shape index (κ2) is 9.02. The molecule has 0 saturated carbocycles. The highest BCUT2D eigenvalue weighted by atomic mass is 16.5. The molecule has 0 aromatic carbocycles. The zero-order valence-electron chi connectivity index (χ0n) is 11.5. The maximum absolute atomic E-state index is 11.3. The van der Waals surface area contributed by atoms with Gasteiger partial charge in [-0.15, -0.1) is 0 Å². The van der Waals surface area contributed by atoms with E-state index in [0.717, 1.165) is 6.42 Å². The summed E-state index contributed by atoms with van der Waals surface area (Å²) in [6.07, 6.45) is 3.77. The fourth-order valence-electron chi connectivity index (χ4n) is 1.34. The van der Waals surface area contributed by atoms with Gasteiger partial charge >= 0.3 is 5.97 Å². The Morgan fingerprint density at radius 3 is 2.24 bits per heavy atom. The predicted octanol–water partition coefficient (Wildman–Crippen LogP) is 2.22. The molecule has 1 rings (SSSR count). The number of hydrogen-bond donors (Lipinski definition) is 0. The number of carbonyl (C=O) groups is 2. The first-order valence-corrected chi connectivity index (χ1v) is 6.47. The molecule has 1 amide bonds. The summed E-state index contributed by atoms with van der Waals surface area (Å²) in [5.74, 6) is -0.456. The zero-order valence-corrected chi connectivity index (χ0v) is 11.5. The van der Waals surface area contributed by atoms with E-state index in [0.29, 0.717) is 19.6 Å². The smallest absolute Gasteiger partial charge is 0.311 e. The first-order chi connectivity index (χ1) is 8.06. The standard InChI is InChI=1S/C9H15NO3.C4H10/c1-3-4-13-9(12)7-5-8(11)10(2)6-7;1-3-4-2/h7H,3-6H2,1-2H3;3-4H2,1-2H3. The summed E-state index contributed by atoms with van der Waals surface area (Å²) in [5, 5.41) is 0. The van der Waals surface area contributed by atoms with Crippen molar-refractivity contribution in [3.8, 4) is 0 Å². The van der Waals surface area contributed by atoms with Crippen LogP contribution in [0, 0.1) is 5.92 Å². The summed E-state index contributed by atoms with van der Waals surface area (Å²) >= 11 is 0. The Bertz CT molecular complexity index is 239. The van der Waals surface area contributed by atoms with E-state index in [9.17, 15) is 9.59 Å². The van der Waals surface area contributed by atoms with Crippen molar-refractivity contribution in [3.63, 3.8) is 0 Å². The van der Waals surface area contributed by atoms with Crippen molar-refractivity contribution in [1.82, 2.24) is 4.90 Å². The fourth-order valence-corrected chi connectivity index (χ4v) is 1.34. The molecule has 1 saturated heterocycles. The normalized spacial score (nSPS) is 18.7. The second-order valence-electron chi connectivity index (χ2n) is 4.34. The van der Waals surface area contributed by atoms with Gasteiger partial charge in [0, 0.05) is 20.0 Å². The minimum Gasteiger partial charge on any atom is -0.465 e. The number of esters is 1. The highest BCUT2D eigenvalue weighted by molar-refractivity contribution is 5.86. The monoisotopic (exact) mass is 243 g/mol. The maximum Gasteiger partial charge on any atom is 0.311 e. The summed E-state index contributed by atoms with van der Waals surface area (Å²) < 4.78 is 4.95. The molecule has 0 bridgehead atoms. The summed E-state index contributed by atoms with van der Waals surface area (Å²) in [6.45, 7) is 7.26. The maximum atomic E-state index is 11.3. The van der Waals surface area contributed by atoms with Crippen LogP contribution in [0.1, 0.15) is 46.5 Å². The number of ether oxygens (including phenoxy) is 1. The average molecular weight is 243 g/mol. The van der Waals surface area contributed by atoms with Crippen LogP contribution in [0.2, 0.25) is 0 Å². The Hall–Kier alpha value is -1.06. The highest BCUT2D eigenvalue weighted by Gasteiger charge is 2.32. The Morgan fingerprint density at radius 1 is 1.29 bits per heavy atom. The summed E-state index contributed by atoms with van der Waals surface area (Å²) in [4.78, 5) is 23.9. The topological polar surface area (TPSA) is 46.6 Å². The van der Waals surface area contributed by atoms with Crippen LogP contribution in [0.15, 0.2) is 0 Å². The average Bonchev–Trinajstić information content (AvgIpc) is 2.67. The van der Waals surface area contributed by atoms with Crippen molar-refractivity contribution >= 4 is 11.9 Å². The molecule has 0 radical (unpaired) electrons. The van der Waals surface area contributed by atoms with Gasteiger partial charge in [-0.05, 0) is 6.42 Å². The molecule has 0 aromatic heterocycles. The molecular weight excluding hydrogens is 218 g/mol. The molecule has 1 atom stereocenters. The van der Waals surface area contributed by atoms with Crippen LogP contribution in [-0.2, 0) is 14.3 Å². The molecule has 0 aromatic rings. The third-order valence-corrected chi connectivity index (χ3v) is 2.62. The van der Waals surface area contributed by atoms with Crippen LogP contribution in [-0.4, -0.2) is 37.0 Å². The van der Waals surface area contributed by atoms with E-state index in [1.165, 1.54) is 12.8 Å². The van der Waals surface area contributed by atoms with Crippen molar-refractivity contribution < 1.29 is 14.3 Å². The summed E-state index contributed by atoms with van der Waals surface area (Å²) in [6, 6.07) is 0. The lowest BCUT2D eigenvalue weighted by Gasteiger charge is -2.09. The highest BCUT2D eigenvalue weighted by Crippen LogP contribution is 2.17. The number of amides is 1. The van der Waals surface area contributed by atoms with E-state index in [4.69, 9.17) is 4.74 Å². The van der Waals surface area contributed by atoms with Gasteiger partial charge in [-0.2, -0.15) is 0 Å². The Morgan fingerprint density at radius 2 is 1.88 bits per heavy atom. The van der Waals surface area contributed by atoms with E-state index in [1.807, 2.05) is 6.92 Å². The second-order valence-corrected chi connectivity index (χ2v) is 4.34. The molecule has 1 heterocycles. The molecule has 100 valence electrons. The molecule has 1 aliphatic rings. The lowest BCUT2D eigenvalue weighted by atomic mass is 10.1. The van der Waals surface area contributed by atoms with Gasteiger partial charge in [0.05, 0.1) is 12.5 Å². The van der Waals surface area contributed by atoms with Crippen LogP contribution in [0.4, 0.5) is 0 Å². The van der Waals surface area contributed by atoms with Crippen molar-refractivity contribution in [2.45, 2.75) is 46.5 Å². The van der Waals surface area contributed by atoms with Gasteiger partial charge in [0.2, 0.25) is 5.91 Å². The Kier molecular flexibility index (Phi) is 8.46. The van der Waals surface area contributed by atoms with Crippen LogP contribution in [0.3, 0.4) is 0 Å². The third-order valence-electron chi connectivity index (χ3n) is 2.62. The molecule has 0 N–H and O–H groups in total. The Balaban J connectivity index is 0.000000557. The molecule has 1 fully saturated rings. The molecule has 1 unspecified atom stereocenters. The lowest BCUT2D eigenvalue weighted by Crippen LogP contribution is -2.22. The minimum atomic E-state index is -0.246.